The van der Waals surface area contributed by atoms with Crippen molar-refractivity contribution in [2.45, 2.75) is 33.6 Å². The number of likely N-dealkylation sites (tertiary alicyclic amines) is 1. The third-order valence-corrected chi connectivity index (χ3v) is 4.46. The summed E-state index contributed by atoms with van der Waals surface area (Å²) in [6, 6.07) is 7.87. The molecule has 1 aliphatic rings. The molecule has 1 unspecified atom stereocenters. The molecule has 1 aromatic carbocycles. The fourth-order valence-corrected chi connectivity index (χ4v) is 3.06. The Morgan fingerprint density at radius 1 is 1.29 bits per heavy atom. The molecule has 1 aliphatic heterocycles. The van der Waals surface area contributed by atoms with Gasteiger partial charge in [-0.15, -0.1) is 0 Å². The van der Waals surface area contributed by atoms with Crippen molar-refractivity contribution in [3.63, 3.8) is 0 Å². The van der Waals surface area contributed by atoms with Crippen LogP contribution >= 0.6 is 0 Å². The van der Waals surface area contributed by atoms with Crippen molar-refractivity contribution in [1.82, 2.24) is 14.9 Å². The van der Waals surface area contributed by atoms with Gasteiger partial charge in [-0.2, -0.15) is 0 Å². The maximum atomic E-state index is 12.7. The quantitative estimate of drug-likeness (QED) is 0.935. The van der Waals surface area contributed by atoms with Crippen LogP contribution in [0.3, 0.4) is 0 Å². The first-order valence-corrected chi connectivity index (χ1v) is 8.49. The maximum Gasteiger partial charge on any atom is 0.272 e. The van der Waals surface area contributed by atoms with Crippen molar-refractivity contribution in [3.8, 4) is 0 Å². The summed E-state index contributed by atoms with van der Waals surface area (Å²) in [5.74, 6) is 1.00. The second-order valence-corrected chi connectivity index (χ2v) is 6.71. The smallest absolute Gasteiger partial charge is 0.272 e. The summed E-state index contributed by atoms with van der Waals surface area (Å²) in [5, 5.41) is 3.23. The van der Waals surface area contributed by atoms with Crippen LogP contribution in [0, 0.1) is 19.8 Å². The molecule has 126 valence electrons. The topological polar surface area (TPSA) is 58.1 Å². The van der Waals surface area contributed by atoms with E-state index >= 15 is 0 Å². The highest BCUT2D eigenvalue weighted by atomic mass is 16.2. The van der Waals surface area contributed by atoms with Crippen LogP contribution in [0.15, 0.2) is 30.5 Å². The van der Waals surface area contributed by atoms with Crippen molar-refractivity contribution >= 4 is 17.5 Å². The van der Waals surface area contributed by atoms with Crippen LogP contribution in [0.2, 0.25) is 0 Å². The fraction of sp³-hybridized carbons (Fsp3) is 0.421. The highest BCUT2D eigenvalue weighted by Crippen LogP contribution is 2.21. The fourth-order valence-electron chi connectivity index (χ4n) is 3.06. The molecular weight excluding hydrogens is 300 g/mol. The van der Waals surface area contributed by atoms with E-state index in [9.17, 15) is 4.79 Å². The van der Waals surface area contributed by atoms with E-state index in [1.807, 2.05) is 18.7 Å². The van der Waals surface area contributed by atoms with Gasteiger partial charge in [0.05, 0.1) is 0 Å². The lowest BCUT2D eigenvalue weighted by Crippen LogP contribution is -2.39. The summed E-state index contributed by atoms with van der Waals surface area (Å²) in [6.07, 6.45) is 3.89. The Morgan fingerprint density at radius 2 is 2.12 bits per heavy atom. The maximum absolute atomic E-state index is 12.7. The number of nitrogens with one attached hydrogen (secondary N) is 1. The Labute approximate surface area is 143 Å². The molecule has 1 atom stereocenters. The number of nitrogens with zero attached hydrogens (tertiary/aromatic N) is 3. The number of hydrogen-bond donors (Lipinski definition) is 1. The lowest BCUT2D eigenvalue weighted by Gasteiger charge is -2.30. The minimum absolute atomic E-state index is 0.00651. The van der Waals surface area contributed by atoms with Crippen molar-refractivity contribution in [2.75, 3.05) is 18.4 Å². The summed E-state index contributed by atoms with van der Waals surface area (Å²) < 4.78 is 0. The zero-order valence-electron chi connectivity index (χ0n) is 14.5. The van der Waals surface area contributed by atoms with Gasteiger partial charge in [-0.25, -0.2) is 9.97 Å². The van der Waals surface area contributed by atoms with E-state index in [2.05, 4.69) is 40.4 Å². The van der Waals surface area contributed by atoms with Gasteiger partial charge in [-0.05, 0) is 55.9 Å². The Balaban J connectivity index is 1.78. The van der Waals surface area contributed by atoms with Crippen LogP contribution < -0.4 is 5.32 Å². The Kier molecular flexibility index (Phi) is 4.79. The zero-order chi connectivity index (χ0) is 17.1. The van der Waals surface area contributed by atoms with Crippen molar-refractivity contribution in [2.24, 2.45) is 5.92 Å². The molecule has 2 heterocycles. The van der Waals surface area contributed by atoms with Gasteiger partial charge in [0.2, 0.25) is 5.95 Å². The average molecular weight is 324 g/mol. The van der Waals surface area contributed by atoms with E-state index in [1.54, 1.807) is 12.3 Å². The molecule has 1 fully saturated rings. The number of carbonyl (C=O) groups excluding carboxylic acids is 1. The third-order valence-electron chi connectivity index (χ3n) is 4.46. The van der Waals surface area contributed by atoms with Crippen LogP contribution in [-0.4, -0.2) is 33.9 Å². The molecule has 1 N–H and O–H groups in total. The van der Waals surface area contributed by atoms with E-state index in [-0.39, 0.29) is 5.91 Å². The first-order valence-electron chi connectivity index (χ1n) is 8.49. The van der Waals surface area contributed by atoms with Gasteiger partial charge in [0.25, 0.3) is 5.91 Å². The number of carbonyl (C=O) groups is 1. The van der Waals surface area contributed by atoms with Crippen LogP contribution in [0.25, 0.3) is 0 Å². The number of piperidine rings is 1. The molecule has 5 nitrogen and oxygen atoms in total. The molecule has 2 aromatic rings. The standard InChI is InChI=1S/C19H24N4O/c1-13-6-7-15(3)17(11-13)22-19-20-9-8-16(21-19)18(24)23-10-4-5-14(2)12-23/h6-9,11,14H,4-5,10,12H2,1-3H3,(H,20,21,22). The van der Waals surface area contributed by atoms with Crippen molar-refractivity contribution in [1.29, 1.82) is 0 Å². The minimum atomic E-state index is -0.00651. The number of benzene rings is 1. The highest BCUT2D eigenvalue weighted by Gasteiger charge is 2.23. The monoisotopic (exact) mass is 324 g/mol. The van der Waals surface area contributed by atoms with E-state index < -0.39 is 0 Å². The van der Waals surface area contributed by atoms with E-state index in [4.69, 9.17) is 0 Å². The normalized spacial score (nSPS) is 17.6. The van der Waals surface area contributed by atoms with Crippen molar-refractivity contribution in [3.05, 3.63) is 47.3 Å². The van der Waals surface area contributed by atoms with Crippen LogP contribution in [0.5, 0.6) is 0 Å². The van der Waals surface area contributed by atoms with Crippen LogP contribution in [-0.2, 0) is 0 Å². The molecule has 0 saturated carbocycles. The van der Waals surface area contributed by atoms with Gasteiger partial charge >= 0.3 is 0 Å². The van der Waals surface area contributed by atoms with Gasteiger partial charge in [0.1, 0.15) is 5.69 Å². The average Bonchev–Trinajstić information content (AvgIpc) is 2.58. The van der Waals surface area contributed by atoms with Gasteiger partial charge < -0.3 is 10.2 Å². The molecule has 0 radical (unpaired) electrons. The van der Waals surface area contributed by atoms with E-state index in [0.29, 0.717) is 17.6 Å². The molecule has 0 aliphatic carbocycles. The van der Waals surface area contributed by atoms with E-state index in [1.165, 1.54) is 6.42 Å². The molecule has 24 heavy (non-hydrogen) atoms. The SMILES string of the molecule is Cc1ccc(C)c(Nc2nccc(C(=O)N3CCCC(C)C3)n2)c1. The minimum Gasteiger partial charge on any atom is -0.337 e. The molecular formula is C19H24N4O. The number of aryl methyl sites for hydroxylation is 2. The molecule has 1 aromatic heterocycles. The first kappa shape index (κ1) is 16.4. The van der Waals surface area contributed by atoms with Gasteiger partial charge in [-0.3, -0.25) is 4.79 Å². The number of anilines is 2. The summed E-state index contributed by atoms with van der Waals surface area (Å²) >= 11 is 0. The van der Waals surface area contributed by atoms with E-state index in [0.717, 1.165) is 36.3 Å². The summed E-state index contributed by atoms with van der Waals surface area (Å²) in [7, 11) is 0. The Bertz CT molecular complexity index is 744. The molecule has 1 amide bonds. The predicted octanol–water partition coefficient (Wildman–Crippen LogP) is 3.71. The van der Waals surface area contributed by atoms with Crippen molar-refractivity contribution < 1.29 is 4.79 Å². The lowest BCUT2D eigenvalue weighted by atomic mass is 10.00. The van der Waals surface area contributed by atoms with Gasteiger partial charge in [-0.1, -0.05) is 19.1 Å². The highest BCUT2D eigenvalue weighted by molar-refractivity contribution is 5.92. The summed E-state index contributed by atoms with van der Waals surface area (Å²) in [6.45, 7) is 7.89. The second kappa shape index (κ2) is 6.99. The Hall–Kier alpha value is -2.43. The molecule has 0 bridgehead atoms. The van der Waals surface area contributed by atoms with Gasteiger partial charge in [0, 0.05) is 25.0 Å². The molecule has 0 spiro atoms. The molecule has 1 saturated heterocycles. The number of amides is 1. The third kappa shape index (κ3) is 3.72. The first-order chi connectivity index (χ1) is 11.5. The number of hydrogen-bond acceptors (Lipinski definition) is 4. The lowest BCUT2D eigenvalue weighted by molar-refractivity contribution is 0.0677. The van der Waals surface area contributed by atoms with Crippen LogP contribution in [0.4, 0.5) is 11.6 Å². The Morgan fingerprint density at radius 3 is 2.92 bits per heavy atom. The number of rotatable bonds is 3. The summed E-state index contributed by atoms with van der Waals surface area (Å²) in [5.41, 5.74) is 3.70. The van der Waals surface area contributed by atoms with Gasteiger partial charge in [0.15, 0.2) is 0 Å². The molecule has 5 heteroatoms. The second-order valence-electron chi connectivity index (χ2n) is 6.71. The molecule has 3 rings (SSSR count). The zero-order valence-corrected chi connectivity index (χ0v) is 14.5. The number of aromatic nitrogens is 2. The predicted molar refractivity (Wildman–Crippen MR) is 95.5 cm³/mol. The summed E-state index contributed by atoms with van der Waals surface area (Å²) in [4.78, 5) is 23.3. The van der Waals surface area contributed by atoms with Crippen LogP contribution in [0.1, 0.15) is 41.4 Å². The largest absolute Gasteiger partial charge is 0.337 e.